The maximum Gasteiger partial charge on any atom is 0.262 e. The maximum absolute atomic E-state index is 13.0. The third kappa shape index (κ3) is 6.20. The predicted molar refractivity (Wildman–Crippen MR) is 136 cm³/mol. The molecule has 2 aromatic carbocycles. The summed E-state index contributed by atoms with van der Waals surface area (Å²) >= 11 is 0. The lowest BCUT2D eigenvalue weighted by Crippen LogP contribution is -2.15. The van der Waals surface area contributed by atoms with E-state index in [4.69, 9.17) is 9.47 Å². The lowest BCUT2D eigenvalue weighted by molar-refractivity contribution is -0.111. The van der Waals surface area contributed by atoms with E-state index in [2.05, 4.69) is 37.5 Å². The largest absolute Gasteiger partial charge is 0.481 e. The zero-order valence-electron chi connectivity index (χ0n) is 19.3. The average Bonchev–Trinajstić information content (AvgIpc) is 2.90. The summed E-state index contributed by atoms with van der Waals surface area (Å²) in [6, 6.07) is 19.1. The Morgan fingerprint density at radius 1 is 0.889 bits per heavy atom. The summed E-state index contributed by atoms with van der Waals surface area (Å²) in [6.45, 7) is 3.44. The minimum atomic E-state index is -0.454. The second kappa shape index (κ2) is 11.3. The number of pyridine rings is 1. The van der Waals surface area contributed by atoms with Crippen molar-refractivity contribution >= 4 is 34.8 Å². The van der Waals surface area contributed by atoms with E-state index in [1.54, 1.807) is 54.7 Å². The summed E-state index contributed by atoms with van der Waals surface area (Å²) < 4.78 is 11.0. The van der Waals surface area contributed by atoms with Crippen molar-refractivity contribution < 1.29 is 19.1 Å². The van der Waals surface area contributed by atoms with Gasteiger partial charge in [0.05, 0.1) is 19.0 Å². The highest BCUT2D eigenvalue weighted by atomic mass is 16.5. The molecule has 0 aliphatic heterocycles. The van der Waals surface area contributed by atoms with Gasteiger partial charge in [0.1, 0.15) is 11.3 Å². The number of para-hydroxylation sites is 1. The summed E-state index contributed by atoms with van der Waals surface area (Å²) in [5, 5.41) is 8.48. The van der Waals surface area contributed by atoms with Crippen LogP contribution in [0.1, 0.15) is 10.4 Å². The van der Waals surface area contributed by atoms with Gasteiger partial charge in [0.15, 0.2) is 0 Å². The summed E-state index contributed by atoms with van der Waals surface area (Å²) in [6.07, 6.45) is 4.09. The van der Waals surface area contributed by atoms with Crippen molar-refractivity contribution in [2.24, 2.45) is 0 Å². The molecule has 4 rings (SSSR count). The van der Waals surface area contributed by atoms with Crippen LogP contribution in [0.5, 0.6) is 17.5 Å². The van der Waals surface area contributed by atoms with E-state index in [1.165, 1.54) is 13.3 Å². The molecule has 2 heterocycles. The number of carbonyl (C=O) groups is 2. The van der Waals surface area contributed by atoms with Crippen molar-refractivity contribution in [2.45, 2.75) is 0 Å². The first-order valence-corrected chi connectivity index (χ1v) is 10.8. The number of anilines is 4. The first-order chi connectivity index (χ1) is 17.5. The number of nitrogens with zero attached hydrogens (tertiary/aromatic N) is 3. The maximum atomic E-state index is 13.0. The third-order valence-electron chi connectivity index (χ3n) is 4.73. The van der Waals surface area contributed by atoms with Crippen molar-refractivity contribution in [3.8, 4) is 17.5 Å². The zero-order valence-corrected chi connectivity index (χ0v) is 19.3. The SMILES string of the molecule is C=CC(=O)Nc1cccc(Oc2nc(Nc3ccc(OC)nc3)ncc2C(=O)Nc2ccccc2)c1. The Morgan fingerprint density at radius 2 is 1.69 bits per heavy atom. The molecule has 4 aromatic rings. The number of methoxy groups -OCH3 is 1. The molecule has 10 heteroatoms. The standard InChI is InChI=1S/C26H22N6O4/c1-3-22(33)29-18-10-7-11-20(14-18)36-25-21(24(34)30-17-8-5-4-6-9-17)16-28-26(32-25)31-19-12-13-23(35-2)27-15-19/h3-16H,1H2,2H3,(H,29,33)(H,30,34)(H,28,31,32). The predicted octanol–water partition coefficient (Wildman–Crippen LogP) is 4.79. The van der Waals surface area contributed by atoms with Gasteiger partial charge in [-0.25, -0.2) is 9.97 Å². The molecule has 0 aliphatic carbocycles. The zero-order chi connectivity index (χ0) is 25.3. The summed E-state index contributed by atoms with van der Waals surface area (Å²) in [4.78, 5) is 37.5. The minimum Gasteiger partial charge on any atom is -0.481 e. The number of nitrogens with one attached hydrogen (secondary N) is 3. The Balaban J connectivity index is 1.64. The van der Waals surface area contributed by atoms with Gasteiger partial charge in [-0.1, -0.05) is 30.8 Å². The van der Waals surface area contributed by atoms with Crippen LogP contribution in [0, 0.1) is 0 Å². The van der Waals surface area contributed by atoms with Crippen LogP contribution in [0.3, 0.4) is 0 Å². The van der Waals surface area contributed by atoms with E-state index < -0.39 is 5.91 Å². The molecule has 2 aromatic heterocycles. The van der Waals surface area contributed by atoms with E-state index in [0.717, 1.165) is 6.08 Å². The lowest BCUT2D eigenvalue weighted by atomic mass is 10.2. The van der Waals surface area contributed by atoms with Gasteiger partial charge >= 0.3 is 0 Å². The van der Waals surface area contributed by atoms with Crippen molar-refractivity contribution in [2.75, 3.05) is 23.1 Å². The molecule has 0 spiro atoms. The van der Waals surface area contributed by atoms with E-state index >= 15 is 0 Å². The molecule has 0 atom stereocenters. The number of amides is 2. The molecule has 0 fully saturated rings. The molecular weight excluding hydrogens is 460 g/mol. The number of rotatable bonds is 9. The molecule has 10 nitrogen and oxygen atoms in total. The van der Waals surface area contributed by atoms with Gasteiger partial charge in [0, 0.05) is 29.7 Å². The first kappa shape index (κ1) is 23.9. The van der Waals surface area contributed by atoms with Crippen molar-refractivity contribution in [3.05, 3.63) is 97.3 Å². The summed E-state index contributed by atoms with van der Waals surface area (Å²) in [5.41, 5.74) is 1.81. The van der Waals surface area contributed by atoms with E-state index in [9.17, 15) is 9.59 Å². The minimum absolute atomic E-state index is 0.00889. The van der Waals surface area contributed by atoms with Crippen LogP contribution in [-0.4, -0.2) is 33.9 Å². The van der Waals surface area contributed by atoms with Crippen molar-refractivity contribution in [1.82, 2.24) is 15.0 Å². The van der Waals surface area contributed by atoms with Gasteiger partial charge in [0.2, 0.25) is 23.6 Å². The summed E-state index contributed by atoms with van der Waals surface area (Å²) in [5.74, 6) is 0.184. The van der Waals surface area contributed by atoms with Gasteiger partial charge in [-0.15, -0.1) is 0 Å². The normalized spacial score (nSPS) is 10.1. The third-order valence-corrected chi connectivity index (χ3v) is 4.73. The second-order valence-electron chi connectivity index (χ2n) is 7.27. The van der Waals surface area contributed by atoms with Crippen molar-refractivity contribution in [3.63, 3.8) is 0 Å². The number of aromatic nitrogens is 3. The Hall–Kier alpha value is -5.25. The van der Waals surface area contributed by atoms with E-state index in [0.29, 0.717) is 28.7 Å². The van der Waals surface area contributed by atoms with Gasteiger partial charge in [-0.3, -0.25) is 9.59 Å². The highest BCUT2D eigenvalue weighted by molar-refractivity contribution is 6.05. The molecular formula is C26H22N6O4. The Morgan fingerprint density at radius 3 is 2.42 bits per heavy atom. The number of hydrogen-bond acceptors (Lipinski definition) is 8. The fourth-order valence-corrected chi connectivity index (χ4v) is 3.03. The molecule has 36 heavy (non-hydrogen) atoms. The molecule has 0 bridgehead atoms. The lowest BCUT2D eigenvalue weighted by Gasteiger charge is -2.13. The van der Waals surface area contributed by atoms with Gasteiger partial charge in [0.25, 0.3) is 5.91 Å². The molecule has 0 aliphatic rings. The Bertz CT molecular complexity index is 1380. The van der Waals surface area contributed by atoms with Gasteiger partial charge < -0.3 is 25.4 Å². The van der Waals surface area contributed by atoms with Crippen LogP contribution in [0.25, 0.3) is 0 Å². The monoisotopic (exact) mass is 482 g/mol. The van der Waals surface area contributed by atoms with E-state index in [1.807, 2.05) is 18.2 Å². The smallest absolute Gasteiger partial charge is 0.262 e. The van der Waals surface area contributed by atoms with Crippen LogP contribution in [0.15, 0.2) is 91.8 Å². The van der Waals surface area contributed by atoms with Crippen LogP contribution in [0.2, 0.25) is 0 Å². The molecule has 0 saturated heterocycles. The fourth-order valence-electron chi connectivity index (χ4n) is 3.03. The van der Waals surface area contributed by atoms with Crippen LogP contribution >= 0.6 is 0 Å². The van der Waals surface area contributed by atoms with Gasteiger partial charge in [-0.05, 0) is 36.4 Å². The topological polar surface area (TPSA) is 127 Å². The molecule has 0 saturated carbocycles. The second-order valence-corrected chi connectivity index (χ2v) is 7.27. The Labute approximate surface area is 207 Å². The number of hydrogen-bond donors (Lipinski definition) is 3. The molecule has 0 unspecified atom stereocenters. The highest BCUT2D eigenvalue weighted by Crippen LogP contribution is 2.28. The molecule has 3 N–H and O–H groups in total. The van der Waals surface area contributed by atoms with Crippen LogP contribution in [0.4, 0.5) is 23.0 Å². The Kier molecular flexibility index (Phi) is 7.47. The van der Waals surface area contributed by atoms with E-state index in [-0.39, 0.29) is 23.3 Å². The van der Waals surface area contributed by atoms with Gasteiger partial charge in [-0.2, -0.15) is 4.98 Å². The number of carbonyl (C=O) groups excluding carboxylic acids is 2. The first-order valence-electron chi connectivity index (χ1n) is 10.8. The summed E-state index contributed by atoms with van der Waals surface area (Å²) in [7, 11) is 1.53. The van der Waals surface area contributed by atoms with Crippen LogP contribution < -0.4 is 25.4 Å². The molecule has 180 valence electrons. The number of ether oxygens (including phenoxy) is 2. The average molecular weight is 483 g/mol. The van der Waals surface area contributed by atoms with Crippen molar-refractivity contribution in [1.29, 1.82) is 0 Å². The molecule has 2 amide bonds. The molecule has 0 radical (unpaired) electrons. The quantitative estimate of drug-likeness (QED) is 0.291. The van der Waals surface area contributed by atoms with Crippen LogP contribution in [-0.2, 0) is 4.79 Å². The highest BCUT2D eigenvalue weighted by Gasteiger charge is 2.18. The number of benzene rings is 2. The fraction of sp³-hybridized carbons (Fsp3) is 0.0385.